The SMILES string of the molecule is CC(C)NC(=O)C1(N(C(=O)CCl)C(C)c2ccc(Cl)cc2)CCN(C(=O)OC(C)(C)C)C1. The van der Waals surface area contributed by atoms with Crippen LogP contribution in [0.1, 0.15) is 59.6 Å². The number of carbonyl (C=O) groups excluding carboxylic acids is 3. The minimum Gasteiger partial charge on any atom is -0.444 e. The molecule has 1 aromatic rings. The van der Waals surface area contributed by atoms with E-state index in [1.807, 2.05) is 32.9 Å². The van der Waals surface area contributed by atoms with Crippen molar-refractivity contribution in [3.63, 3.8) is 0 Å². The van der Waals surface area contributed by atoms with E-state index in [9.17, 15) is 14.4 Å². The maximum Gasteiger partial charge on any atom is 0.410 e. The molecule has 7 nitrogen and oxygen atoms in total. The Bertz CT molecular complexity index is 839. The second kappa shape index (κ2) is 10.3. The quantitative estimate of drug-likeness (QED) is 0.606. The molecule has 1 N–H and O–H groups in total. The molecule has 1 aliphatic heterocycles. The molecule has 0 aliphatic carbocycles. The third-order valence-corrected chi connectivity index (χ3v) is 5.81. The van der Waals surface area contributed by atoms with Gasteiger partial charge in [0.15, 0.2) is 0 Å². The van der Waals surface area contributed by atoms with Crippen molar-refractivity contribution in [3.05, 3.63) is 34.9 Å². The Morgan fingerprint density at radius 1 is 1.19 bits per heavy atom. The summed E-state index contributed by atoms with van der Waals surface area (Å²) in [7, 11) is 0. The van der Waals surface area contributed by atoms with E-state index in [4.69, 9.17) is 27.9 Å². The zero-order chi connectivity index (χ0) is 24.3. The van der Waals surface area contributed by atoms with Gasteiger partial charge in [-0.3, -0.25) is 9.59 Å². The topological polar surface area (TPSA) is 79.0 Å². The molecule has 9 heteroatoms. The summed E-state index contributed by atoms with van der Waals surface area (Å²) in [6.07, 6.45) is -0.250. The van der Waals surface area contributed by atoms with Crippen LogP contribution in [0.2, 0.25) is 5.02 Å². The molecule has 0 bridgehead atoms. The number of hydrogen-bond acceptors (Lipinski definition) is 4. The standard InChI is InChI=1S/C23H33Cl2N3O4/c1-15(2)26-20(30)23(11-12-27(14-23)21(31)32-22(4,5)6)28(19(29)13-24)16(3)17-7-9-18(25)10-8-17/h7-10,15-16H,11-14H2,1-6H3,(H,26,30). The van der Waals surface area contributed by atoms with Crippen LogP contribution in [0, 0.1) is 0 Å². The fraction of sp³-hybridized carbons (Fsp3) is 0.609. The lowest BCUT2D eigenvalue weighted by Crippen LogP contribution is -2.64. The number of likely N-dealkylation sites (tertiary alicyclic amines) is 1. The van der Waals surface area contributed by atoms with E-state index in [2.05, 4.69) is 5.32 Å². The highest BCUT2D eigenvalue weighted by molar-refractivity contribution is 6.30. The minimum atomic E-state index is -1.29. The fourth-order valence-corrected chi connectivity index (χ4v) is 4.20. The third kappa shape index (κ3) is 6.07. The van der Waals surface area contributed by atoms with Crippen molar-refractivity contribution in [1.82, 2.24) is 15.1 Å². The lowest BCUT2D eigenvalue weighted by atomic mass is 9.90. The van der Waals surface area contributed by atoms with Gasteiger partial charge in [0.25, 0.3) is 0 Å². The molecule has 0 spiro atoms. The van der Waals surface area contributed by atoms with Gasteiger partial charge in [0.2, 0.25) is 11.8 Å². The van der Waals surface area contributed by atoms with Crippen LogP contribution < -0.4 is 5.32 Å². The summed E-state index contributed by atoms with van der Waals surface area (Å²) in [6.45, 7) is 11.2. The second-order valence-electron chi connectivity index (χ2n) is 9.44. The molecule has 2 atom stereocenters. The highest BCUT2D eigenvalue weighted by Gasteiger charge is 2.54. The number of nitrogens with one attached hydrogen (secondary N) is 1. The molecule has 0 aromatic heterocycles. The second-order valence-corrected chi connectivity index (χ2v) is 10.1. The third-order valence-electron chi connectivity index (χ3n) is 5.33. The largest absolute Gasteiger partial charge is 0.444 e. The lowest BCUT2D eigenvalue weighted by molar-refractivity contribution is -0.149. The van der Waals surface area contributed by atoms with E-state index < -0.39 is 23.3 Å². The maximum atomic E-state index is 13.5. The molecule has 178 valence electrons. The van der Waals surface area contributed by atoms with Crippen LogP contribution in [0.25, 0.3) is 0 Å². The summed E-state index contributed by atoms with van der Waals surface area (Å²) in [6, 6.07) is 6.48. The number of amides is 3. The Hall–Kier alpha value is -1.99. The van der Waals surface area contributed by atoms with Gasteiger partial charge in [0, 0.05) is 17.6 Å². The normalized spacial score (nSPS) is 19.6. The molecule has 2 unspecified atom stereocenters. The van der Waals surface area contributed by atoms with Crippen LogP contribution in [0.15, 0.2) is 24.3 Å². The van der Waals surface area contributed by atoms with Crippen LogP contribution in [-0.4, -0.2) is 63.9 Å². The van der Waals surface area contributed by atoms with E-state index >= 15 is 0 Å². The van der Waals surface area contributed by atoms with Crippen LogP contribution in [0.5, 0.6) is 0 Å². The van der Waals surface area contributed by atoms with E-state index in [1.54, 1.807) is 32.9 Å². The Morgan fingerprint density at radius 3 is 2.28 bits per heavy atom. The highest BCUT2D eigenvalue weighted by Crippen LogP contribution is 2.37. The molecule has 0 radical (unpaired) electrons. The number of benzene rings is 1. The molecule has 1 aliphatic rings. The Labute approximate surface area is 200 Å². The predicted molar refractivity (Wildman–Crippen MR) is 126 cm³/mol. The van der Waals surface area contributed by atoms with Crippen molar-refractivity contribution in [2.24, 2.45) is 0 Å². The van der Waals surface area contributed by atoms with Gasteiger partial charge in [-0.2, -0.15) is 0 Å². The predicted octanol–water partition coefficient (Wildman–Crippen LogP) is 4.37. The first-order valence-electron chi connectivity index (χ1n) is 10.7. The Kier molecular flexibility index (Phi) is 8.45. The number of halogens is 2. The lowest BCUT2D eigenvalue weighted by Gasteiger charge is -2.43. The molecule has 2 rings (SSSR count). The highest BCUT2D eigenvalue weighted by atomic mass is 35.5. The number of hydrogen-bond donors (Lipinski definition) is 1. The summed E-state index contributed by atoms with van der Waals surface area (Å²) in [5, 5.41) is 3.50. The van der Waals surface area contributed by atoms with Crippen molar-refractivity contribution in [2.45, 2.75) is 71.2 Å². The van der Waals surface area contributed by atoms with E-state index in [0.717, 1.165) is 5.56 Å². The maximum absolute atomic E-state index is 13.5. The van der Waals surface area contributed by atoms with Gasteiger partial charge in [-0.05, 0) is 65.7 Å². The first kappa shape index (κ1) is 26.3. The minimum absolute atomic E-state index is 0.0149. The molecule has 3 amide bonds. The summed E-state index contributed by atoms with van der Waals surface area (Å²) >= 11 is 12.0. The summed E-state index contributed by atoms with van der Waals surface area (Å²) in [5.41, 5.74) is -1.16. The zero-order valence-electron chi connectivity index (χ0n) is 19.6. The Balaban J connectivity index is 2.50. The van der Waals surface area contributed by atoms with Crippen molar-refractivity contribution in [3.8, 4) is 0 Å². The summed E-state index contributed by atoms with van der Waals surface area (Å²) in [4.78, 5) is 42.4. The van der Waals surface area contributed by atoms with Crippen molar-refractivity contribution in [2.75, 3.05) is 19.0 Å². The Morgan fingerprint density at radius 2 is 1.78 bits per heavy atom. The van der Waals surface area contributed by atoms with Gasteiger partial charge in [-0.1, -0.05) is 23.7 Å². The van der Waals surface area contributed by atoms with Crippen LogP contribution >= 0.6 is 23.2 Å². The molecule has 0 saturated carbocycles. The van der Waals surface area contributed by atoms with Crippen LogP contribution in [-0.2, 0) is 14.3 Å². The molecule has 32 heavy (non-hydrogen) atoms. The summed E-state index contributed by atoms with van der Waals surface area (Å²) < 4.78 is 5.51. The van der Waals surface area contributed by atoms with Crippen molar-refractivity contribution < 1.29 is 19.1 Å². The van der Waals surface area contributed by atoms with Gasteiger partial charge in [-0.15, -0.1) is 11.6 Å². The number of alkyl halides is 1. The average Bonchev–Trinajstić information content (AvgIpc) is 3.13. The van der Waals surface area contributed by atoms with E-state index in [0.29, 0.717) is 5.02 Å². The monoisotopic (exact) mass is 485 g/mol. The zero-order valence-corrected chi connectivity index (χ0v) is 21.1. The fourth-order valence-electron chi connectivity index (χ4n) is 3.94. The molecule has 1 saturated heterocycles. The first-order valence-corrected chi connectivity index (χ1v) is 11.6. The molecule has 1 aromatic carbocycles. The van der Waals surface area contributed by atoms with Gasteiger partial charge >= 0.3 is 6.09 Å². The van der Waals surface area contributed by atoms with E-state index in [-0.39, 0.29) is 43.2 Å². The number of rotatable bonds is 6. The molecular formula is C23H33Cl2N3O4. The van der Waals surface area contributed by atoms with Gasteiger partial charge in [-0.25, -0.2) is 4.79 Å². The van der Waals surface area contributed by atoms with Gasteiger partial charge in [0.1, 0.15) is 17.0 Å². The number of ether oxygens (including phenoxy) is 1. The molecule has 1 heterocycles. The van der Waals surface area contributed by atoms with E-state index in [1.165, 1.54) is 9.80 Å². The van der Waals surface area contributed by atoms with Gasteiger partial charge < -0.3 is 19.9 Å². The smallest absolute Gasteiger partial charge is 0.410 e. The van der Waals surface area contributed by atoms with Crippen molar-refractivity contribution >= 4 is 41.1 Å². The number of carbonyl (C=O) groups is 3. The van der Waals surface area contributed by atoms with Gasteiger partial charge in [0.05, 0.1) is 12.6 Å². The van der Waals surface area contributed by atoms with Crippen LogP contribution in [0.4, 0.5) is 4.79 Å². The number of nitrogens with zero attached hydrogens (tertiary/aromatic N) is 2. The summed E-state index contributed by atoms with van der Waals surface area (Å²) in [5.74, 6) is -1.00. The van der Waals surface area contributed by atoms with Crippen molar-refractivity contribution in [1.29, 1.82) is 0 Å². The molecule has 1 fully saturated rings. The first-order chi connectivity index (χ1) is 14.8. The molecular weight excluding hydrogens is 453 g/mol. The van der Waals surface area contributed by atoms with Crippen LogP contribution in [0.3, 0.4) is 0 Å². The average molecular weight is 486 g/mol.